The van der Waals surface area contributed by atoms with Crippen LogP contribution in [0.1, 0.15) is 25.6 Å². The van der Waals surface area contributed by atoms with E-state index in [0.29, 0.717) is 25.6 Å². The summed E-state index contributed by atoms with van der Waals surface area (Å²) in [5.41, 5.74) is 0. The van der Waals surface area contributed by atoms with Gasteiger partial charge in [0.2, 0.25) is 0 Å². The van der Waals surface area contributed by atoms with Crippen LogP contribution >= 0.6 is 0 Å². The molecule has 24 heavy (non-hydrogen) atoms. The van der Waals surface area contributed by atoms with Gasteiger partial charge in [0, 0.05) is 63.6 Å². The van der Waals surface area contributed by atoms with Crippen molar-refractivity contribution in [3.05, 3.63) is 36.7 Å². The van der Waals surface area contributed by atoms with Crippen LogP contribution in [0, 0.1) is 0 Å². The number of hydrogen-bond donors (Lipinski definition) is 1. The molecule has 0 saturated carbocycles. The Morgan fingerprint density at radius 1 is 1.38 bits per heavy atom. The summed E-state index contributed by atoms with van der Waals surface area (Å²) in [6.07, 6.45) is 8.37. The zero-order chi connectivity index (χ0) is 16.9. The second-order valence-corrected chi connectivity index (χ2v) is 6.74. The number of halogens is 1. The first-order valence-corrected chi connectivity index (χ1v) is 8.67. The fourth-order valence-electron chi connectivity index (χ4n) is 3.26. The molecule has 0 radical (unpaired) electrons. The van der Waals surface area contributed by atoms with E-state index in [-0.39, 0.29) is 6.04 Å². The molecule has 1 N–H and O–H groups in total. The van der Waals surface area contributed by atoms with Gasteiger partial charge in [-0.15, -0.1) is 0 Å². The summed E-state index contributed by atoms with van der Waals surface area (Å²) in [5.74, 6) is 0.987. The van der Waals surface area contributed by atoms with Gasteiger partial charge in [-0.2, -0.15) is 5.10 Å². The summed E-state index contributed by atoms with van der Waals surface area (Å²) < 4.78 is 17.8. The standard InChI is InChI=1S/C17H27FN6/c1-14(4-8-24-7-3-5-21-24)20-11-16-10-15(18)12-23(16)13-17-19-6-9-22(17)2/h3,5-7,9,14-16,20H,4,8,10-13H2,1-2H3/t14?,15-,16-/m0/s1. The molecule has 132 valence electrons. The predicted molar refractivity (Wildman–Crippen MR) is 91.2 cm³/mol. The lowest BCUT2D eigenvalue weighted by Crippen LogP contribution is -2.41. The molecule has 3 heterocycles. The third kappa shape index (κ3) is 4.42. The van der Waals surface area contributed by atoms with Crippen molar-refractivity contribution in [2.45, 2.75) is 51.1 Å². The lowest BCUT2D eigenvalue weighted by Gasteiger charge is -2.25. The van der Waals surface area contributed by atoms with Gasteiger partial charge in [-0.1, -0.05) is 0 Å². The third-order valence-electron chi connectivity index (χ3n) is 4.79. The molecule has 3 rings (SSSR count). The van der Waals surface area contributed by atoms with Crippen LogP contribution in [0.15, 0.2) is 30.9 Å². The Hall–Kier alpha value is -1.73. The number of aryl methyl sites for hydroxylation is 2. The van der Waals surface area contributed by atoms with Crippen LogP contribution in [0.25, 0.3) is 0 Å². The van der Waals surface area contributed by atoms with E-state index in [1.165, 1.54) is 0 Å². The van der Waals surface area contributed by atoms with Gasteiger partial charge >= 0.3 is 0 Å². The van der Waals surface area contributed by atoms with Gasteiger partial charge in [0.1, 0.15) is 12.0 Å². The number of nitrogens with one attached hydrogen (secondary N) is 1. The smallest absolute Gasteiger partial charge is 0.122 e. The highest BCUT2D eigenvalue weighted by Gasteiger charge is 2.32. The van der Waals surface area contributed by atoms with Crippen LogP contribution in [-0.2, 0) is 20.1 Å². The first kappa shape index (κ1) is 17.1. The molecule has 6 nitrogen and oxygen atoms in total. The maximum atomic E-state index is 13.9. The quantitative estimate of drug-likeness (QED) is 0.797. The number of hydrogen-bond acceptors (Lipinski definition) is 4. The van der Waals surface area contributed by atoms with Crippen LogP contribution in [-0.4, -0.2) is 55.6 Å². The molecular formula is C17H27FN6. The van der Waals surface area contributed by atoms with Crippen molar-refractivity contribution in [2.24, 2.45) is 7.05 Å². The molecule has 0 spiro atoms. The van der Waals surface area contributed by atoms with Crippen LogP contribution in [0.5, 0.6) is 0 Å². The molecule has 0 aliphatic carbocycles. The van der Waals surface area contributed by atoms with Gasteiger partial charge in [0.05, 0.1) is 6.54 Å². The Balaban J connectivity index is 1.46. The molecule has 0 amide bonds. The molecule has 1 unspecified atom stereocenters. The van der Waals surface area contributed by atoms with E-state index < -0.39 is 6.17 Å². The highest BCUT2D eigenvalue weighted by molar-refractivity contribution is 4.95. The largest absolute Gasteiger partial charge is 0.337 e. The van der Waals surface area contributed by atoms with Crippen molar-refractivity contribution in [1.29, 1.82) is 0 Å². The van der Waals surface area contributed by atoms with E-state index in [4.69, 9.17) is 0 Å². The van der Waals surface area contributed by atoms with Crippen molar-refractivity contribution in [1.82, 2.24) is 29.5 Å². The maximum absolute atomic E-state index is 13.9. The normalized spacial score (nSPS) is 23.0. The highest BCUT2D eigenvalue weighted by atomic mass is 19.1. The molecule has 7 heteroatoms. The van der Waals surface area contributed by atoms with Gasteiger partial charge in [-0.3, -0.25) is 9.58 Å². The average Bonchev–Trinajstić information content (AvgIpc) is 3.27. The molecule has 1 aliphatic heterocycles. The fraction of sp³-hybridized carbons (Fsp3) is 0.647. The maximum Gasteiger partial charge on any atom is 0.122 e. The van der Waals surface area contributed by atoms with Crippen molar-refractivity contribution < 1.29 is 4.39 Å². The Morgan fingerprint density at radius 3 is 2.96 bits per heavy atom. The number of likely N-dealkylation sites (tertiary alicyclic amines) is 1. The van der Waals surface area contributed by atoms with E-state index >= 15 is 0 Å². The zero-order valence-corrected chi connectivity index (χ0v) is 14.5. The predicted octanol–water partition coefficient (Wildman–Crippen LogP) is 1.60. The highest BCUT2D eigenvalue weighted by Crippen LogP contribution is 2.22. The first-order valence-electron chi connectivity index (χ1n) is 8.67. The van der Waals surface area contributed by atoms with Crippen LogP contribution in [0.4, 0.5) is 4.39 Å². The van der Waals surface area contributed by atoms with Crippen molar-refractivity contribution in [2.75, 3.05) is 13.1 Å². The molecule has 3 atom stereocenters. The van der Waals surface area contributed by atoms with Crippen LogP contribution < -0.4 is 5.32 Å². The molecule has 1 saturated heterocycles. The molecule has 1 fully saturated rings. The van der Waals surface area contributed by atoms with Crippen molar-refractivity contribution >= 4 is 0 Å². The molecule has 0 bridgehead atoms. The monoisotopic (exact) mass is 334 g/mol. The van der Waals surface area contributed by atoms with E-state index in [0.717, 1.165) is 25.3 Å². The molecule has 0 aromatic carbocycles. The van der Waals surface area contributed by atoms with Crippen molar-refractivity contribution in [3.8, 4) is 0 Å². The average molecular weight is 334 g/mol. The van der Waals surface area contributed by atoms with E-state index in [9.17, 15) is 4.39 Å². The minimum absolute atomic E-state index is 0.226. The summed E-state index contributed by atoms with van der Waals surface area (Å²) in [6, 6.07) is 2.54. The van der Waals surface area contributed by atoms with Crippen molar-refractivity contribution in [3.63, 3.8) is 0 Å². The summed E-state index contributed by atoms with van der Waals surface area (Å²) in [5, 5.41) is 7.77. The summed E-state index contributed by atoms with van der Waals surface area (Å²) in [7, 11) is 1.98. The van der Waals surface area contributed by atoms with Gasteiger partial charge in [-0.25, -0.2) is 9.37 Å². The lowest BCUT2D eigenvalue weighted by molar-refractivity contribution is 0.219. The lowest BCUT2D eigenvalue weighted by atomic mass is 10.1. The number of nitrogens with zero attached hydrogens (tertiary/aromatic N) is 5. The van der Waals surface area contributed by atoms with Gasteiger partial charge in [0.15, 0.2) is 0 Å². The fourth-order valence-corrected chi connectivity index (χ4v) is 3.26. The number of imidazole rings is 1. The van der Waals surface area contributed by atoms with E-state index in [1.807, 2.05) is 34.8 Å². The zero-order valence-electron chi connectivity index (χ0n) is 14.5. The second-order valence-electron chi connectivity index (χ2n) is 6.74. The molecule has 1 aliphatic rings. The topological polar surface area (TPSA) is 50.9 Å². The summed E-state index contributed by atoms with van der Waals surface area (Å²) in [4.78, 5) is 6.57. The van der Waals surface area contributed by atoms with E-state index in [1.54, 1.807) is 12.4 Å². The van der Waals surface area contributed by atoms with Crippen LogP contribution in [0.2, 0.25) is 0 Å². The molecule has 2 aromatic rings. The first-order chi connectivity index (χ1) is 11.6. The second kappa shape index (κ2) is 7.90. The third-order valence-corrected chi connectivity index (χ3v) is 4.79. The van der Waals surface area contributed by atoms with Gasteiger partial charge < -0.3 is 9.88 Å². The number of alkyl halides is 1. The Morgan fingerprint density at radius 2 is 2.25 bits per heavy atom. The minimum atomic E-state index is -0.739. The Labute approximate surface area is 142 Å². The SMILES string of the molecule is CC(CCn1cccn1)NC[C@@H]1C[C@H](F)CN1Cc1nccn1C. The Bertz CT molecular complexity index is 610. The Kier molecular flexibility index (Phi) is 5.63. The molecular weight excluding hydrogens is 307 g/mol. The molecule has 2 aromatic heterocycles. The van der Waals surface area contributed by atoms with Gasteiger partial charge in [0.25, 0.3) is 0 Å². The van der Waals surface area contributed by atoms with Gasteiger partial charge in [-0.05, 0) is 25.8 Å². The number of rotatable bonds is 8. The summed E-state index contributed by atoms with van der Waals surface area (Å²) in [6.45, 7) is 5.09. The minimum Gasteiger partial charge on any atom is -0.337 e. The summed E-state index contributed by atoms with van der Waals surface area (Å²) >= 11 is 0. The van der Waals surface area contributed by atoms with E-state index in [2.05, 4.69) is 27.2 Å². The van der Waals surface area contributed by atoms with Crippen LogP contribution in [0.3, 0.4) is 0 Å². The number of aromatic nitrogens is 4.